The number of hydrogen-bond acceptors (Lipinski definition) is 2. The minimum Gasteiger partial charge on any atom is -0.393 e. The van der Waals surface area contributed by atoms with Gasteiger partial charge in [-0.05, 0) is 46.0 Å². The van der Waals surface area contributed by atoms with Gasteiger partial charge in [0.05, 0.1) is 12.7 Å². The Hall–Kier alpha value is -0.600. The molecule has 0 heterocycles. The fourth-order valence-corrected chi connectivity index (χ4v) is 2.07. The maximum absolute atomic E-state index is 9.84. The van der Waals surface area contributed by atoms with Crippen LogP contribution in [0.4, 0.5) is 0 Å². The van der Waals surface area contributed by atoms with Crippen molar-refractivity contribution < 1.29 is 10.2 Å². The fourth-order valence-electron chi connectivity index (χ4n) is 2.07. The summed E-state index contributed by atoms with van der Waals surface area (Å²) in [5, 5.41) is 18.6. The second kappa shape index (κ2) is 12.4. The topological polar surface area (TPSA) is 40.5 Å². The third-order valence-corrected chi connectivity index (χ3v) is 3.48. The highest BCUT2D eigenvalue weighted by Gasteiger charge is 2.03. The Morgan fingerprint density at radius 2 is 1.68 bits per heavy atom. The summed E-state index contributed by atoms with van der Waals surface area (Å²) in [4.78, 5) is 0. The Balaban J connectivity index is 3.72. The van der Waals surface area contributed by atoms with Gasteiger partial charge >= 0.3 is 0 Å². The number of rotatable bonds is 11. The summed E-state index contributed by atoms with van der Waals surface area (Å²) in [7, 11) is 0. The van der Waals surface area contributed by atoms with Gasteiger partial charge in [-0.1, -0.05) is 49.5 Å². The van der Waals surface area contributed by atoms with Gasteiger partial charge in [0.25, 0.3) is 0 Å². The van der Waals surface area contributed by atoms with Crippen LogP contribution in [0.1, 0.15) is 72.1 Å². The molecule has 0 rings (SSSR count). The van der Waals surface area contributed by atoms with Crippen LogP contribution in [0.3, 0.4) is 0 Å². The highest BCUT2D eigenvalue weighted by Crippen LogP contribution is 2.14. The predicted octanol–water partition coefficient (Wildman–Crippen LogP) is 4.37. The molecule has 0 aromatic heterocycles. The van der Waals surface area contributed by atoms with E-state index in [0.29, 0.717) is 0 Å². The van der Waals surface area contributed by atoms with Crippen LogP contribution in [0.5, 0.6) is 0 Å². The van der Waals surface area contributed by atoms with Crippen LogP contribution < -0.4 is 0 Å². The molecule has 1 atom stereocenters. The van der Waals surface area contributed by atoms with E-state index < -0.39 is 0 Å². The fraction of sp³-hybridized carbons (Fsp3) is 0.765. The second-order valence-corrected chi connectivity index (χ2v) is 5.51. The van der Waals surface area contributed by atoms with Crippen LogP contribution in [0.15, 0.2) is 23.3 Å². The Bertz CT molecular complexity index is 266. The van der Waals surface area contributed by atoms with Gasteiger partial charge in [0.15, 0.2) is 0 Å². The summed E-state index contributed by atoms with van der Waals surface area (Å²) in [6, 6.07) is 0. The van der Waals surface area contributed by atoms with Gasteiger partial charge in [-0.3, -0.25) is 0 Å². The van der Waals surface area contributed by atoms with Crippen molar-refractivity contribution in [2.45, 2.75) is 78.2 Å². The zero-order chi connectivity index (χ0) is 14.5. The summed E-state index contributed by atoms with van der Waals surface area (Å²) >= 11 is 0. The Kier molecular flexibility index (Phi) is 12.0. The van der Waals surface area contributed by atoms with Crippen LogP contribution in [-0.4, -0.2) is 22.9 Å². The molecule has 112 valence electrons. The lowest BCUT2D eigenvalue weighted by molar-refractivity contribution is 0.151. The lowest BCUT2D eigenvalue weighted by Crippen LogP contribution is -2.06. The molecule has 0 bridgehead atoms. The molecule has 0 radical (unpaired) electrons. The van der Waals surface area contributed by atoms with E-state index in [1.807, 2.05) is 6.08 Å². The molecule has 0 spiro atoms. The molecule has 2 N–H and O–H groups in total. The maximum Gasteiger partial charge on any atom is 0.0614 e. The van der Waals surface area contributed by atoms with Gasteiger partial charge < -0.3 is 10.2 Å². The molecular formula is C17H32O2. The highest BCUT2D eigenvalue weighted by atomic mass is 16.3. The van der Waals surface area contributed by atoms with Gasteiger partial charge in [-0.15, -0.1) is 0 Å². The molecular weight excluding hydrogens is 236 g/mol. The first kappa shape index (κ1) is 18.4. The largest absolute Gasteiger partial charge is 0.393 e. The maximum atomic E-state index is 9.84. The number of aliphatic hydroxyl groups excluding tert-OH is 2. The van der Waals surface area contributed by atoms with Crippen LogP contribution in [-0.2, 0) is 0 Å². The third kappa shape index (κ3) is 12.2. The molecule has 0 amide bonds. The lowest BCUT2D eigenvalue weighted by Gasteiger charge is -2.10. The molecule has 0 aliphatic carbocycles. The Morgan fingerprint density at radius 1 is 1.00 bits per heavy atom. The summed E-state index contributed by atoms with van der Waals surface area (Å²) in [6.45, 7) is 6.52. The molecule has 0 aliphatic rings. The summed E-state index contributed by atoms with van der Waals surface area (Å²) in [5.41, 5.74) is 2.61. The van der Waals surface area contributed by atoms with E-state index in [-0.39, 0.29) is 12.7 Å². The standard InChI is InChI=1S/C17H32O2/c1-4-5-6-10-17(19)12-11-15(2)8-7-9-16(3)13-14-18/h8,13,17-19H,4-7,9-12,14H2,1-3H3. The normalized spacial score (nSPS) is 14.8. The number of unbranched alkanes of at least 4 members (excludes halogenated alkanes) is 2. The molecule has 19 heavy (non-hydrogen) atoms. The van der Waals surface area contributed by atoms with Crippen molar-refractivity contribution in [1.82, 2.24) is 0 Å². The zero-order valence-corrected chi connectivity index (χ0v) is 13.0. The van der Waals surface area contributed by atoms with Crippen LogP contribution >= 0.6 is 0 Å². The molecule has 0 fully saturated rings. The predicted molar refractivity (Wildman–Crippen MR) is 83.2 cm³/mol. The van der Waals surface area contributed by atoms with Crippen LogP contribution in [0, 0.1) is 0 Å². The van der Waals surface area contributed by atoms with Crippen molar-refractivity contribution in [1.29, 1.82) is 0 Å². The van der Waals surface area contributed by atoms with E-state index in [1.54, 1.807) is 0 Å². The van der Waals surface area contributed by atoms with Gasteiger partial charge in [0.1, 0.15) is 0 Å². The molecule has 0 aromatic carbocycles. The van der Waals surface area contributed by atoms with E-state index in [9.17, 15) is 5.11 Å². The van der Waals surface area contributed by atoms with Crippen molar-refractivity contribution in [2.24, 2.45) is 0 Å². The average molecular weight is 268 g/mol. The highest BCUT2D eigenvalue weighted by molar-refractivity contribution is 5.03. The molecule has 0 aromatic rings. The summed E-state index contributed by atoms with van der Waals surface area (Å²) < 4.78 is 0. The number of hydrogen-bond donors (Lipinski definition) is 2. The molecule has 0 saturated carbocycles. The Labute approximate surface area is 119 Å². The van der Waals surface area contributed by atoms with E-state index in [1.165, 1.54) is 24.0 Å². The van der Waals surface area contributed by atoms with Crippen molar-refractivity contribution in [2.75, 3.05) is 6.61 Å². The number of allylic oxidation sites excluding steroid dienone is 3. The second-order valence-electron chi connectivity index (χ2n) is 5.51. The zero-order valence-electron chi connectivity index (χ0n) is 13.0. The van der Waals surface area contributed by atoms with Gasteiger partial charge in [-0.2, -0.15) is 0 Å². The van der Waals surface area contributed by atoms with E-state index in [2.05, 4.69) is 26.8 Å². The average Bonchev–Trinajstić information content (AvgIpc) is 2.37. The molecule has 1 unspecified atom stereocenters. The van der Waals surface area contributed by atoms with Crippen molar-refractivity contribution in [3.05, 3.63) is 23.3 Å². The van der Waals surface area contributed by atoms with E-state index >= 15 is 0 Å². The molecule has 0 aliphatic heterocycles. The number of aliphatic hydroxyl groups is 2. The Morgan fingerprint density at radius 3 is 2.32 bits per heavy atom. The van der Waals surface area contributed by atoms with Gasteiger partial charge in [0.2, 0.25) is 0 Å². The minimum atomic E-state index is -0.133. The van der Waals surface area contributed by atoms with Crippen LogP contribution in [0.25, 0.3) is 0 Å². The molecule has 0 saturated heterocycles. The van der Waals surface area contributed by atoms with Crippen LogP contribution in [0.2, 0.25) is 0 Å². The lowest BCUT2D eigenvalue weighted by atomic mass is 10.0. The quantitative estimate of drug-likeness (QED) is 0.431. The van der Waals surface area contributed by atoms with Gasteiger partial charge in [-0.25, -0.2) is 0 Å². The monoisotopic (exact) mass is 268 g/mol. The third-order valence-electron chi connectivity index (χ3n) is 3.48. The molecule has 2 heteroatoms. The van der Waals surface area contributed by atoms with E-state index in [0.717, 1.165) is 38.5 Å². The summed E-state index contributed by atoms with van der Waals surface area (Å²) in [5.74, 6) is 0. The van der Waals surface area contributed by atoms with Crippen molar-refractivity contribution in [3.63, 3.8) is 0 Å². The minimum absolute atomic E-state index is 0.133. The molecule has 2 nitrogen and oxygen atoms in total. The van der Waals surface area contributed by atoms with Crippen molar-refractivity contribution >= 4 is 0 Å². The van der Waals surface area contributed by atoms with E-state index in [4.69, 9.17) is 5.11 Å². The first-order valence-corrected chi connectivity index (χ1v) is 7.70. The smallest absolute Gasteiger partial charge is 0.0614 e. The van der Waals surface area contributed by atoms with Gasteiger partial charge in [0, 0.05) is 0 Å². The first-order valence-electron chi connectivity index (χ1n) is 7.70. The SMILES string of the molecule is CCCCCC(O)CCC(C)=CCCC(C)=CCO. The first-order chi connectivity index (χ1) is 9.10. The summed E-state index contributed by atoms with van der Waals surface area (Å²) in [6.07, 6.45) is 12.4. The van der Waals surface area contributed by atoms with Crippen molar-refractivity contribution in [3.8, 4) is 0 Å².